The highest BCUT2D eigenvalue weighted by molar-refractivity contribution is 6.30. The molecule has 31 heavy (non-hydrogen) atoms. The molecule has 1 aromatic heterocycles. The summed E-state index contributed by atoms with van der Waals surface area (Å²) in [7, 11) is 0. The average molecular weight is 440 g/mol. The lowest BCUT2D eigenvalue weighted by Crippen LogP contribution is -2.26. The number of hydrogen-bond donors (Lipinski definition) is 3. The summed E-state index contributed by atoms with van der Waals surface area (Å²) >= 11 is 6.14. The Morgan fingerprint density at radius 3 is 2.81 bits per heavy atom. The van der Waals surface area contributed by atoms with Crippen LogP contribution in [0.5, 0.6) is 0 Å². The van der Waals surface area contributed by atoms with E-state index in [1.54, 1.807) is 12.2 Å². The van der Waals surface area contributed by atoms with Gasteiger partial charge in [-0.2, -0.15) is 0 Å². The monoisotopic (exact) mass is 439 g/mol. The summed E-state index contributed by atoms with van der Waals surface area (Å²) in [6.07, 6.45) is 6.03. The second-order valence-corrected chi connectivity index (χ2v) is 7.82. The number of nitrogens with zero attached hydrogens (tertiary/aromatic N) is 3. The first kappa shape index (κ1) is 22.7. The first-order valence-corrected chi connectivity index (χ1v) is 10.5. The zero-order valence-electron chi connectivity index (χ0n) is 17.4. The predicted octanol–water partition coefficient (Wildman–Crippen LogP) is 4.07. The van der Waals surface area contributed by atoms with Crippen LogP contribution in [0.3, 0.4) is 0 Å². The zero-order chi connectivity index (χ0) is 22.2. The van der Waals surface area contributed by atoms with Crippen molar-refractivity contribution in [3.63, 3.8) is 0 Å². The predicted molar refractivity (Wildman–Crippen MR) is 124 cm³/mol. The van der Waals surface area contributed by atoms with Gasteiger partial charge in [-0.15, -0.1) is 0 Å². The maximum absolute atomic E-state index is 11.8. The van der Waals surface area contributed by atoms with E-state index in [0.29, 0.717) is 28.4 Å². The number of carbonyl (C=O) groups is 1. The molecule has 1 fully saturated rings. The van der Waals surface area contributed by atoms with Gasteiger partial charge in [0, 0.05) is 41.2 Å². The molecule has 1 aliphatic rings. The van der Waals surface area contributed by atoms with Crippen LogP contribution in [0.4, 0.5) is 5.82 Å². The maximum atomic E-state index is 11.8. The van der Waals surface area contributed by atoms with E-state index in [2.05, 4.69) is 27.3 Å². The molecule has 0 atom stereocenters. The largest absolute Gasteiger partial charge is 0.395 e. The van der Waals surface area contributed by atoms with Crippen molar-refractivity contribution in [1.82, 2.24) is 15.3 Å². The molecular weight excluding hydrogens is 414 g/mol. The smallest absolute Gasteiger partial charge is 0.224 e. The van der Waals surface area contributed by atoms with E-state index in [4.69, 9.17) is 21.7 Å². The number of aromatic nitrogens is 2. The zero-order valence-corrected chi connectivity index (χ0v) is 18.2. The fourth-order valence-corrected chi connectivity index (χ4v) is 3.12. The van der Waals surface area contributed by atoms with Crippen LogP contribution < -0.4 is 10.6 Å². The molecule has 0 unspecified atom stereocenters. The fraction of sp³-hybridized carbons (Fsp3) is 0.304. The van der Waals surface area contributed by atoms with Gasteiger partial charge in [-0.1, -0.05) is 35.4 Å². The van der Waals surface area contributed by atoms with Crippen molar-refractivity contribution < 1.29 is 9.90 Å². The van der Waals surface area contributed by atoms with Crippen molar-refractivity contribution in [2.45, 2.75) is 32.1 Å². The van der Waals surface area contributed by atoms with Crippen molar-refractivity contribution in [3.8, 4) is 11.4 Å². The number of anilines is 1. The highest BCUT2D eigenvalue weighted by Gasteiger charge is 2.26. The summed E-state index contributed by atoms with van der Waals surface area (Å²) in [5.74, 6) is 2.04. The van der Waals surface area contributed by atoms with E-state index in [1.165, 1.54) is 0 Å². The topological polar surface area (TPSA) is 99.5 Å². The molecule has 3 N–H and O–H groups in total. The minimum Gasteiger partial charge on any atom is -0.395 e. The molecule has 1 saturated carbocycles. The van der Waals surface area contributed by atoms with Crippen LogP contribution >= 0.6 is 11.6 Å². The first-order valence-electron chi connectivity index (χ1n) is 10.1. The molecule has 0 bridgehead atoms. The van der Waals surface area contributed by atoms with Crippen LogP contribution in [0.1, 0.15) is 37.8 Å². The fourth-order valence-electron chi connectivity index (χ4n) is 2.93. The lowest BCUT2D eigenvalue weighted by atomic mass is 10.2. The van der Waals surface area contributed by atoms with Crippen molar-refractivity contribution in [1.29, 1.82) is 0 Å². The molecule has 0 aliphatic heterocycles. The number of allylic oxidation sites excluding steroid dienone is 2. The number of carbonyl (C=O) groups excluding carboxylic acids is 1. The second-order valence-electron chi connectivity index (χ2n) is 7.38. The molecule has 7 nitrogen and oxygen atoms in total. The summed E-state index contributed by atoms with van der Waals surface area (Å²) in [5, 5.41) is 15.2. The lowest BCUT2D eigenvalue weighted by molar-refractivity contribution is -0.120. The number of benzene rings is 1. The van der Waals surface area contributed by atoms with Gasteiger partial charge < -0.3 is 15.7 Å². The Morgan fingerprint density at radius 1 is 1.32 bits per heavy atom. The standard InChI is InChI=1S/C23H26ClN5O2/c1-15(12-22(31)26-10-11-30)6-9-20(25-2)28-21-14-19(16-7-8-16)27-23(29-21)17-4-3-5-18(24)13-17/h3-6,9,13-14,16,30H,2,7-8,10-12H2,1H3,(H,26,31)(H,27,28,29)/b15-6+,20-9+. The van der Waals surface area contributed by atoms with E-state index < -0.39 is 0 Å². The Balaban J connectivity index is 1.79. The highest BCUT2D eigenvalue weighted by atomic mass is 35.5. The molecule has 0 spiro atoms. The lowest BCUT2D eigenvalue weighted by Gasteiger charge is -2.10. The number of amides is 1. The number of rotatable bonds is 10. The summed E-state index contributed by atoms with van der Waals surface area (Å²) in [4.78, 5) is 25.1. The van der Waals surface area contributed by atoms with Gasteiger partial charge in [-0.3, -0.25) is 4.79 Å². The van der Waals surface area contributed by atoms with Crippen LogP contribution in [0, 0.1) is 0 Å². The SMILES string of the molecule is C=N/C(=C\C=C(/C)CC(=O)NCCO)Nc1cc(C2CC2)nc(-c2cccc(Cl)c2)n1. The van der Waals surface area contributed by atoms with E-state index >= 15 is 0 Å². The number of aliphatic hydroxyl groups excluding tert-OH is 1. The summed E-state index contributed by atoms with van der Waals surface area (Å²) in [5.41, 5.74) is 2.68. The Labute approximate surface area is 187 Å². The molecule has 8 heteroatoms. The van der Waals surface area contributed by atoms with Crippen LogP contribution in [0.25, 0.3) is 11.4 Å². The molecule has 3 rings (SSSR count). The molecule has 1 amide bonds. The summed E-state index contributed by atoms with van der Waals surface area (Å²) < 4.78 is 0. The number of nitrogens with one attached hydrogen (secondary N) is 2. The molecule has 0 radical (unpaired) electrons. The highest BCUT2D eigenvalue weighted by Crippen LogP contribution is 2.40. The first-order chi connectivity index (χ1) is 15.0. The van der Waals surface area contributed by atoms with Gasteiger partial charge in [0.1, 0.15) is 11.6 Å². The van der Waals surface area contributed by atoms with Crippen LogP contribution in [0.2, 0.25) is 5.02 Å². The van der Waals surface area contributed by atoms with Crippen molar-refractivity contribution in [3.05, 3.63) is 64.6 Å². The summed E-state index contributed by atoms with van der Waals surface area (Å²) in [6.45, 7) is 5.63. The maximum Gasteiger partial charge on any atom is 0.224 e. The van der Waals surface area contributed by atoms with Gasteiger partial charge in [0.25, 0.3) is 0 Å². The third kappa shape index (κ3) is 7.01. The van der Waals surface area contributed by atoms with E-state index in [9.17, 15) is 4.79 Å². The summed E-state index contributed by atoms with van der Waals surface area (Å²) in [6, 6.07) is 9.39. The van der Waals surface area contributed by atoms with Gasteiger partial charge in [0.15, 0.2) is 5.82 Å². The molecule has 1 aliphatic carbocycles. The van der Waals surface area contributed by atoms with Crippen LogP contribution in [0.15, 0.2) is 58.9 Å². The second kappa shape index (κ2) is 10.8. The molecule has 162 valence electrons. The Hall–Kier alpha value is -3.03. The Bertz CT molecular complexity index is 1010. The number of halogens is 1. The number of aliphatic imine (C=N–C) groups is 1. The van der Waals surface area contributed by atoms with Crippen LogP contribution in [-0.4, -0.2) is 40.9 Å². The molecule has 1 heterocycles. The van der Waals surface area contributed by atoms with E-state index in [1.807, 2.05) is 37.3 Å². The van der Waals surface area contributed by atoms with Crippen LogP contribution in [-0.2, 0) is 4.79 Å². The molecular formula is C23H26ClN5O2. The minimum atomic E-state index is -0.145. The Kier molecular flexibility index (Phi) is 7.92. The minimum absolute atomic E-state index is 0.0815. The van der Waals surface area contributed by atoms with Crippen molar-refractivity contribution >= 4 is 30.0 Å². The third-order valence-corrected chi connectivity index (χ3v) is 4.89. The third-order valence-electron chi connectivity index (χ3n) is 4.65. The molecule has 2 aromatic rings. The van der Waals surface area contributed by atoms with Crippen molar-refractivity contribution in [2.24, 2.45) is 4.99 Å². The van der Waals surface area contributed by atoms with Gasteiger partial charge in [-0.05, 0) is 44.7 Å². The van der Waals surface area contributed by atoms with Crippen molar-refractivity contribution in [2.75, 3.05) is 18.5 Å². The average Bonchev–Trinajstić information content (AvgIpc) is 3.60. The van der Waals surface area contributed by atoms with E-state index in [0.717, 1.165) is 29.7 Å². The van der Waals surface area contributed by atoms with Gasteiger partial charge in [0.2, 0.25) is 5.91 Å². The van der Waals surface area contributed by atoms with Gasteiger partial charge in [0.05, 0.1) is 6.61 Å². The Morgan fingerprint density at radius 2 is 2.13 bits per heavy atom. The van der Waals surface area contributed by atoms with Gasteiger partial charge in [-0.25, -0.2) is 15.0 Å². The number of aliphatic hydroxyl groups is 1. The molecule has 0 saturated heterocycles. The quantitative estimate of drug-likeness (QED) is 0.382. The van der Waals surface area contributed by atoms with E-state index in [-0.39, 0.29) is 25.5 Å². The normalized spacial score (nSPS) is 14.3. The molecule has 1 aromatic carbocycles. The van der Waals surface area contributed by atoms with Gasteiger partial charge >= 0.3 is 0 Å². The number of hydrogen-bond acceptors (Lipinski definition) is 6.